The number of ether oxygens (including phenoxy) is 3. The summed E-state index contributed by atoms with van der Waals surface area (Å²) >= 11 is 1.27. The second-order valence-electron chi connectivity index (χ2n) is 6.45. The third kappa shape index (κ3) is 4.46. The first-order chi connectivity index (χ1) is 14.5. The summed E-state index contributed by atoms with van der Waals surface area (Å²) in [6.45, 7) is 2.08. The SMILES string of the molecule is CCc1ccc(-c2csc(NC(=O)c3cc(OC)cc(OC)c3)c2C(=O)OC)cc1. The van der Waals surface area contributed by atoms with Crippen molar-refractivity contribution in [3.8, 4) is 22.6 Å². The minimum atomic E-state index is -0.510. The van der Waals surface area contributed by atoms with Crippen molar-refractivity contribution in [3.63, 3.8) is 0 Å². The monoisotopic (exact) mass is 425 g/mol. The van der Waals surface area contributed by atoms with Crippen LogP contribution in [-0.2, 0) is 11.2 Å². The van der Waals surface area contributed by atoms with Crippen molar-refractivity contribution in [2.24, 2.45) is 0 Å². The van der Waals surface area contributed by atoms with Gasteiger partial charge in [0.1, 0.15) is 22.1 Å². The van der Waals surface area contributed by atoms with E-state index in [1.807, 2.05) is 29.6 Å². The first kappa shape index (κ1) is 21.4. The fourth-order valence-electron chi connectivity index (χ4n) is 3.00. The molecule has 30 heavy (non-hydrogen) atoms. The Morgan fingerprint density at radius 3 is 2.13 bits per heavy atom. The van der Waals surface area contributed by atoms with Crippen molar-refractivity contribution < 1.29 is 23.8 Å². The van der Waals surface area contributed by atoms with Gasteiger partial charge in [-0.3, -0.25) is 4.79 Å². The molecule has 1 aromatic heterocycles. The molecule has 6 nitrogen and oxygen atoms in total. The lowest BCUT2D eigenvalue weighted by Gasteiger charge is -2.10. The molecule has 7 heteroatoms. The second-order valence-corrected chi connectivity index (χ2v) is 7.33. The Bertz CT molecular complexity index is 1030. The number of esters is 1. The van der Waals surface area contributed by atoms with E-state index in [0.29, 0.717) is 33.2 Å². The molecule has 0 aliphatic heterocycles. The average Bonchev–Trinajstić information content (AvgIpc) is 3.21. The van der Waals surface area contributed by atoms with Gasteiger partial charge in [-0.25, -0.2) is 4.79 Å². The molecule has 1 heterocycles. The Morgan fingerprint density at radius 2 is 1.60 bits per heavy atom. The molecule has 2 aromatic carbocycles. The number of carbonyl (C=O) groups is 2. The van der Waals surface area contributed by atoms with Gasteiger partial charge >= 0.3 is 5.97 Å². The van der Waals surface area contributed by atoms with Crippen molar-refractivity contribution in [3.05, 3.63) is 64.5 Å². The van der Waals surface area contributed by atoms with E-state index in [1.54, 1.807) is 18.2 Å². The van der Waals surface area contributed by atoms with Crippen LogP contribution < -0.4 is 14.8 Å². The van der Waals surface area contributed by atoms with Crippen LogP contribution in [0.25, 0.3) is 11.1 Å². The Labute approximate surface area is 179 Å². The summed E-state index contributed by atoms with van der Waals surface area (Å²) in [5, 5.41) is 5.09. The van der Waals surface area contributed by atoms with E-state index in [-0.39, 0.29) is 5.91 Å². The molecule has 0 bridgehead atoms. The summed E-state index contributed by atoms with van der Waals surface area (Å²) in [6, 6.07) is 12.9. The summed E-state index contributed by atoms with van der Waals surface area (Å²) in [5.74, 6) is 0.0996. The molecule has 0 saturated heterocycles. The van der Waals surface area contributed by atoms with E-state index >= 15 is 0 Å². The van der Waals surface area contributed by atoms with Crippen molar-refractivity contribution in [1.29, 1.82) is 0 Å². The topological polar surface area (TPSA) is 73.9 Å². The van der Waals surface area contributed by atoms with E-state index in [1.165, 1.54) is 38.2 Å². The lowest BCUT2D eigenvalue weighted by atomic mass is 10.0. The molecule has 0 aliphatic carbocycles. The summed E-state index contributed by atoms with van der Waals surface area (Å²) < 4.78 is 15.4. The lowest BCUT2D eigenvalue weighted by Crippen LogP contribution is -2.14. The Balaban J connectivity index is 1.97. The first-order valence-corrected chi connectivity index (χ1v) is 10.2. The lowest BCUT2D eigenvalue weighted by molar-refractivity contribution is 0.0603. The van der Waals surface area contributed by atoms with Gasteiger partial charge in [-0.15, -0.1) is 11.3 Å². The third-order valence-electron chi connectivity index (χ3n) is 4.69. The number of aryl methyl sites for hydroxylation is 1. The van der Waals surface area contributed by atoms with Crippen molar-refractivity contribution in [1.82, 2.24) is 0 Å². The maximum atomic E-state index is 12.9. The van der Waals surface area contributed by atoms with Gasteiger partial charge in [0, 0.05) is 22.6 Å². The van der Waals surface area contributed by atoms with Crippen LogP contribution in [0.3, 0.4) is 0 Å². The summed E-state index contributed by atoms with van der Waals surface area (Å²) in [4.78, 5) is 25.4. The van der Waals surface area contributed by atoms with E-state index in [0.717, 1.165) is 12.0 Å². The van der Waals surface area contributed by atoms with Gasteiger partial charge in [-0.05, 0) is 29.7 Å². The smallest absolute Gasteiger partial charge is 0.341 e. The van der Waals surface area contributed by atoms with E-state index < -0.39 is 5.97 Å². The number of benzene rings is 2. The molecule has 3 rings (SSSR count). The van der Waals surface area contributed by atoms with Gasteiger partial charge in [0.2, 0.25) is 0 Å². The number of carbonyl (C=O) groups excluding carboxylic acids is 2. The van der Waals surface area contributed by atoms with Gasteiger partial charge in [0.25, 0.3) is 5.91 Å². The Morgan fingerprint density at radius 1 is 0.967 bits per heavy atom. The first-order valence-electron chi connectivity index (χ1n) is 9.34. The Kier molecular flexibility index (Phi) is 6.74. The number of rotatable bonds is 7. The molecule has 0 radical (unpaired) electrons. The van der Waals surface area contributed by atoms with Crippen molar-refractivity contribution >= 4 is 28.2 Å². The maximum absolute atomic E-state index is 12.9. The highest BCUT2D eigenvalue weighted by Crippen LogP contribution is 2.37. The van der Waals surface area contributed by atoms with Crippen LogP contribution in [0.5, 0.6) is 11.5 Å². The third-order valence-corrected chi connectivity index (χ3v) is 5.59. The average molecular weight is 426 g/mol. The number of methoxy groups -OCH3 is 3. The molecule has 156 valence electrons. The van der Waals surface area contributed by atoms with E-state index in [9.17, 15) is 9.59 Å². The zero-order valence-electron chi connectivity index (χ0n) is 17.3. The van der Waals surface area contributed by atoms with E-state index in [2.05, 4.69) is 12.2 Å². The molecule has 1 N–H and O–H groups in total. The fraction of sp³-hybridized carbons (Fsp3) is 0.217. The van der Waals surface area contributed by atoms with E-state index in [4.69, 9.17) is 14.2 Å². The second kappa shape index (κ2) is 9.45. The predicted octanol–water partition coefficient (Wildman–Crippen LogP) is 5.03. The molecule has 0 spiro atoms. The number of hydrogen-bond acceptors (Lipinski definition) is 6. The molecular weight excluding hydrogens is 402 g/mol. The van der Waals surface area contributed by atoms with Gasteiger partial charge < -0.3 is 19.5 Å². The minimum Gasteiger partial charge on any atom is -0.497 e. The minimum absolute atomic E-state index is 0.329. The van der Waals surface area contributed by atoms with Gasteiger partial charge in [-0.1, -0.05) is 31.2 Å². The molecule has 3 aromatic rings. The van der Waals surface area contributed by atoms with Crippen LogP contribution in [0.4, 0.5) is 5.00 Å². The largest absolute Gasteiger partial charge is 0.497 e. The molecular formula is C23H23NO5S. The van der Waals surface area contributed by atoms with Crippen LogP contribution >= 0.6 is 11.3 Å². The van der Waals surface area contributed by atoms with Gasteiger partial charge in [-0.2, -0.15) is 0 Å². The summed E-state index contributed by atoms with van der Waals surface area (Å²) in [6.07, 6.45) is 0.930. The number of nitrogens with one attached hydrogen (secondary N) is 1. The standard InChI is InChI=1S/C23H23NO5S/c1-5-14-6-8-15(9-7-14)19-13-30-22(20(19)23(26)29-4)24-21(25)16-10-17(27-2)12-18(11-16)28-3/h6-13H,5H2,1-4H3,(H,24,25). The summed E-state index contributed by atoms with van der Waals surface area (Å²) in [5.41, 5.74) is 3.48. The van der Waals surface area contributed by atoms with Crippen LogP contribution in [-0.4, -0.2) is 33.2 Å². The maximum Gasteiger partial charge on any atom is 0.341 e. The number of anilines is 1. The predicted molar refractivity (Wildman–Crippen MR) is 118 cm³/mol. The quantitative estimate of drug-likeness (QED) is 0.537. The zero-order valence-corrected chi connectivity index (χ0v) is 18.1. The van der Waals surface area contributed by atoms with Crippen LogP contribution in [0.1, 0.15) is 33.2 Å². The van der Waals surface area contributed by atoms with Crippen molar-refractivity contribution in [2.75, 3.05) is 26.6 Å². The number of hydrogen-bond donors (Lipinski definition) is 1. The molecule has 0 fully saturated rings. The highest BCUT2D eigenvalue weighted by atomic mass is 32.1. The number of amides is 1. The summed E-state index contributed by atoms with van der Waals surface area (Å²) in [7, 11) is 4.35. The molecule has 0 unspecified atom stereocenters. The number of thiophene rings is 1. The van der Waals surface area contributed by atoms with Crippen molar-refractivity contribution in [2.45, 2.75) is 13.3 Å². The molecule has 1 amide bonds. The van der Waals surface area contributed by atoms with Gasteiger partial charge in [0.15, 0.2) is 0 Å². The highest BCUT2D eigenvalue weighted by molar-refractivity contribution is 7.15. The van der Waals surface area contributed by atoms with Crippen LogP contribution in [0.2, 0.25) is 0 Å². The van der Waals surface area contributed by atoms with Crippen LogP contribution in [0, 0.1) is 0 Å². The molecule has 0 atom stereocenters. The molecule has 0 aliphatic rings. The van der Waals surface area contributed by atoms with Crippen LogP contribution in [0.15, 0.2) is 47.8 Å². The fourth-order valence-corrected chi connectivity index (χ4v) is 3.95. The van der Waals surface area contributed by atoms with Gasteiger partial charge in [0.05, 0.1) is 21.3 Å². The highest BCUT2D eigenvalue weighted by Gasteiger charge is 2.23. The molecule has 0 saturated carbocycles. The normalized spacial score (nSPS) is 10.4. The Hall–Kier alpha value is -3.32. The zero-order chi connectivity index (χ0) is 21.7.